The first-order valence-electron chi connectivity index (χ1n) is 9.19. The van der Waals surface area contributed by atoms with E-state index in [9.17, 15) is 4.39 Å². The van der Waals surface area contributed by atoms with Gasteiger partial charge in [0, 0.05) is 19.7 Å². The summed E-state index contributed by atoms with van der Waals surface area (Å²) in [5.74, 6) is 0.558. The van der Waals surface area contributed by atoms with Crippen LogP contribution in [0.25, 0.3) is 0 Å². The van der Waals surface area contributed by atoms with Gasteiger partial charge in [0.05, 0.1) is 26.4 Å². The minimum absolute atomic E-state index is 0. The maximum atomic E-state index is 13.6. The van der Waals surface area contributed by atoms with E-state index < -0.39 is 0 Å². The molecule has 1 aromatic carbocycles. The van der Waals surface area contributed by atoms with Gasteiger partial charge in [-0.25, -0.2) is 4.39 Å². The number of unbranched alkanes of at least 4 members (excludes halogenated alkanes) is 1. The number of benzene rings is 1. The fourth-order valence-electron chi connectivity index (χ4n) is 2.15. The van der Waals surface area contributed by atoms with Gasteiger partial charge in [-0.05, 0) is 31.4 Å². The highest BCUT2D eigenvalue weighted by Gasteiger charge is 2.01. The quantitative estimate of drug-likeness (QED) is 0.196. The highest BCUT2D eigenvalue weighted by Crippen LogP contribution is 2.05. The molecule has 0 spiro atoms. The lowest BCUT2D eigenvalue weighted by atomic mass is 10.1. The van der Waals surface area contributed by atoms with E-state index in [0.717, 1.165) is 32.0 Å². The van der Waals surface area contributed by atoms with Gasteiger partial charge in [0.25, 0.3) is 0 Å². The fourth-order valence-corrected chi connectivity index (χ4v) is 2.15. The maximum Gasteiger partial charge on any atom is 0.191 e. The van der Waals surface area contributed by atoms with Crippen LogP contribution in [-0.4, -0.2) is 52.0 Å². The molecule has 0 aromatic heterocycles. The molecule has 1 rings (SSSR count). The molecule has 0 radical (unpaired) electrons. The van der Waals surface area contributed by atoms with Gasteiger partial charge in [0.15, 0.2) is 5.96 Å². The van der Waals surface area contributed by atoms with Gasteiger partial charge in [-0.2, -0.15) is 0 Å². The van der Waals surface area contributed by atoms with Crippen molar-refractivity contribution in [1.82, 2.24) is 10.6 Å². The van der Waals surface area contributed by atoms with Crippen LogP contribution in [0.4, 0.5) is 4.39 Å². The number of aliphatic imine (C=N–C) groups is 1. The Bertz CT molecular complexity index is 490. The molecule has 0 fully saturated rings. The monoisotopic (exact) mass is 481 g/mol. The van der Waals surface area contributed by atoms with Crippen molar-refractivity contribution >= 4 is 29.9 Å². The van der Waals surface area contributed by atoms with Crippen molar-refractivity contribution in [3.8, 4) is 0 Å². The Balaban J connectivity index is 0.00000625. The second kappa shape index (κ2) is 17.5. The summed E-state index contributed by atoms with van der Waals surface area (Å²) >= 11 is 0. The third-order valence-corrected chi connectivity index (χ3v) is 3.51. The van der Waals surface area contributed by atoms with Gasteiger partial charge in [0.1, 0.15) is 5.82 Å². The number of halogens is 2. The zero-order valence-electron chi connectivity index (χ0n) is 15.9. The summed E-state index contributed by atoms with van der Waals surface area (Å²) in [6.07, 6.45) is 2.85. The van der Waals surface area contributed by atoms with E-state index in [-0.39, 0.29) is 29.8 Å². The van der Waals surface area contributed by atoms with Crippen molar-refractivity contribution in [3.63, 3.8) is 0 Å². The van der Waals surface area contributed by atoms with E-state index in [0.29, 0.717) is 44.9 Å². The number of rotatable bonds is 13. The zero-order chi connectivity index (χ0) is 18.2. The summed E-state index contributed by atoms with van der Waals surface area (Å²) in [4.78, 5) is 4.45. The minimum atomic E-state index is -0.166. The van der Waals surface area contributed by atoms with Crippen molar-refractivity contribution in [1.29, 1.82) is 0 Å². The summed E-state index contributed by atoms with van der Waals surface area (Å²) in [7, 11) is 0. The number of guanidine groups is 1. The smallest absolute Gasteiger partial charge is 0.191 e. The van der Waals surface area contributed by atoms with Gasteiger partial charge in [-0.15, -0.1) is 24.0 Å². The Morgan fingerprint density at radius 1 is 1.04 bits per heavy atom. The van der Waals surface area contributed by atoms with Crippen molar-refractivity contribution < 1.29 is 13.9 Å². The van der Waals surface area contributed by atoms with Gasteiger partial charge in [-0.1, -0.05) is 31.5 Å². The van der Waals surface area contributed by atoms with Gasteiger partial charge >= 0.3 is 0 Å². The van der Waals surface area contributed by atoms with Crippen LogP contribution >= 0.6 is 24.0 Å². The predicted octanol–water partition coefficient (Wildman–Crippen LogP) is 3.37. The SMILES string of the molecule is CCCCOCCOCCN=C(NCC)NCCc1ccccc1F.I. The highest BCUT2D eigenvalue weighted by molar-refractivity contribution is 14.0. The van der Waals surface area contributed by atoms with Crippen molar-refractivity contribution in [2.45, 2.75) is 33.1 Å². The lowest BCUT2D eigenvalue weighted by Crippen LogP contribution is -2.38. The van der Waals surface area contributed by atoms with Crippen molar-refractivity contribution in [2.75, 3.05) is 46.1 Å². The first-order chi connectivity index (χ1) is 12.3. The van der Waals surface area contributed by atoms with Crippen LogP contribution in [0.1, 0.15) is 32.3 Å². The van der Waals surface area contributed by atoms with Gasteiger partial charge in [0.2, 0.25) is 0 Å². The molecule has 7 heteroatoms. The topological polar surface area (TPSA) is 54.9 Å². The summed E-state index contributed by atoms with van der Waals surface area (Å²) in [5, 5.41) is 6.39. The average molecular weight is 481 g/mol. The zero-order valence-corrected chi connectivity index (χ0v) is 18.3. The minimum Gasteiger partial charge on any atom is -0.379 e. The summed E-state index contributed by atoms with van der Waals surface area (Å²) in [5.41, 5.74) is 0.706. The lowest BCUT2D eigenvalue weighted by molar-refractivity contribution is 0.0497. The molecule has 0 heterocycles. The predicted molar refractivity (Wildman–Crippen MR) is 116 cm³/mol. The third kappa shape index (κ3) is 12.4. The maximum absolute atomic E-state index is 13.6. The van der Waals surface area contributed by atoms with E-state index in [1.165, 1.54) is 6.07 Å². The van der Waals surface area contributed by atoms with Crippen LogP contribution in [0.15, 0.2) is 29.3 Å². The van der Waals surface area contributed by atoms with Gasteiger partial charge < -0.3 is 20.1 Å². The van der Waals surface area contributed by atoms with Crippen molar-refractivity contribution in [2.24, 2.45) is 4.99 Å². The molecule has 150 valence electrons. The highest BCUT2D eigenvalue weighted by atomic mass is 127. The molecular formula is C19H33FIN3O2. The Hall–Kier alpha value is -0.930. The Labute approximate surface area is 174 Å². The number of hydrogen-bond acceptors (Lipinski definition) is 3. The van der Waals surface area contributed by atoms with Crippen LogP contribution < -0.4 is 10.6 Å². The summed E-state index contributed by atoms with van der Waals surface area (Å²) in [6, 6.07) is 6.84. The normalized spacial score (nSPS) is 11.1. The second-order valence-electron chi connectivity index (χ2n) is 5.61. The lowest BCUT2D eigenvalue weighted by Gasteiger charge is -2.11. The van der Waals surface area contributed by atoms with Crippen LogP contribution in [0.2, 0.25) is 0 Å². The molecule has 0 aliphatic heterocycles. The molecular weight excluding hydrogens is 448 g/mol. The summed E-state index contributed by atoms with van der Waals surface area (Å²) in [6.45, 7) is 8.71. The molecule has 26 heavy (non-hydrogen) atoms. The van der Waals surface area contributed by atoms with E-state index in [1.807, 2.05) is 13.0 Å². The average Bonchev–Trinajstić information content (AvgIpc) is 2.62. The Kier molecular flexibility index (Phi) is 16.9. The number of nitrogens with one attached hydrogen (secondary N) is 2. The standard InChI is InChI=1S/C19H32FN3O2.HI/c1-3-5-13-24-15-16-25-14-12-23-19(21-4-2)22-11-10-17-8-6-7-9-18(17)20;/h6-9H,3-5,10-16H2,1-2H3,(H2,21,22,23);1H. The molecule has 5 nitrogen and oxygen atoms in total. The molecule has 0 unspecified atom stereocenters. The first-order valence-corrected chi connectivity index (χ1v) is 9.19. The molecule has 0 bridgehead atoms. The largest absolute Gasteiger partial charge is 0.379 e. The molecule has 0 saturated carbocycles. The van der Waals surface area contributed by atoms with Crippen LogP contribution in [-0.2, 0) is 15.9 Å². The molecule has 0 saturated heterocycles. The molecule has 0 atom stereocenters. The Morgan fingerprint density at radius 3 is 2.46 bits per heavy atom. The van der Waals surface area contributed by atoms with Crippen LogP contribution in [0.5, 0.6) is 0 Å². The molecule has 0 aliphatic rings. The second-order valence-corrected chi connectivity index (χ2v) is 5.61. The summed E-state index contributed by atoms with van der Waals surface area (Å²) < 4.78 is 24.5. The van der Waals surface area contributed by atoms with E-state index in [2.05, 4.69) is 22.5 Å². The van der Waals surface area contributed by atoms with Crippen molar-refractivity contribution in [3.05, 3.63) is 35.6 Å². The van der Waals surface area contributed by atoms with Crippen LogP contribution in [0.3, 0.4) is 0 Å². The first kappa shape index (κ1) is 25.1. The third-order valence-electron chi connectivity index (χ3n) is 3.51. The molecule has 0 amide bonds. The van der Waals surface area contributed by atoms with E-state index in [4.69, 9.17) is 9.47 Å². The van der Waals surface area contributed by atoms with E-state index >= 15 is 0 Å². The van der Waals surface area contributed by atoms with Crippen LogP contribution in [0, 0.1) is 5.82 Å². The number of ether oxygens (including phenoxy) is 2. The molecule has 1 aromatic rings. The number of hydrogen-bond donors (Lipinski definition) is 2. The number of nitrogens with zero attached hydrogens (tertiary/aromatic N) is 1. The molecule has 0 aliphatic carbocycles. The van der Waals surface area contributed by atoms with Gasteiger partial charge in [-0.3, -0.25) is 4.99 Å². The Morgan fingerprint density at radius 2 is 1.77 bits per heavy atom. The van der Waals surface area contributed by atoms with E-state index in [1.54, 1.807) is 12.1 Å². The molecule has 2 N–H and O–H groups in total. The fraction of sp³-hybridized carbons (Fsp3) is 0.632.